The van der Waals surface area contributed by atoms with E-state index in [4.69, 9.17) is 28.2 Å². The lowest BCUT2D eigenvalue weighted by atomic mass is 10.4. The summed E-state index contributed by atoms with van der Waals surface area (Å²) in [6.07, 6.45) is 3.88. The molecule has 0 aromatic carbocycles. The Morgan fingerprint density at radius 2 is 2.07 bits per heavy atom. The summed E-state index contributed by atoms with van der Waals surface area (Å²) in [7, 11) is -4.94. The molecular formula is C6H10ClNO7. The second-order valence-corrected chi connectivity index (χ2v) is 3.11. The topological polar surface area (TPSA) is 144 Å². The first-order valence-electron chi connectivity index (χ1n) is 3.72. The predicted octanol–water partition coefficient (Wildman–Crippen LogP) is -5.47. The maximum Gasteiger partial charge on any atom is 0.305 e. The van der Waals surface area contributed by atoms with E-state index in [1.807, 2.05) is 6.08 Å². The molecule has 0 saturated heterocycles. The number of hydrogen-bond acceptors (Lipinski definition) is 7. The summed E-state index contributed by atoms with van der Waals surface area (Å²) in [4.78, 5) is 15.3. The molecule has 2 N–H and O–H groups in total. The largest absolute Gasteiger partial charge is 0.430 e. The van der Waals surface area contributed by atoms with Crippen molar-refractivity contribution in [2.45, 2.75) is 19.6 Å². The second-order valence-electron chi connectivity index (χ2n) is 2.35. The maximum absolute atomic E-state index is 10.4. The van der Waals surface area contributed by atoms with E-state index in [2.05, 4.69) is 0 Å². The van der Waals surface area contributed by atoms with E-state index < -0.39 is 16.5 Å². The Bertz CT molecular complexity index is 220. The third-order valence-corrected chi connectivity index (χ3v) is 1.07. The van der Waals surface area contributed by atoms with Gasteiger partial charge in [-0.1, -0.05) is 0 Å². The molecule has 1 aliphatic rings. The molecule has 0 saturated carbocycles. The van der Waals surface area contributed by atoms with Crippen LogP contribution in [-0.4, -0.2) is 12.3 Å². The molecule has 0 spiro atoms. The van der Waals surface area contributed by atoms with Crippen molar-refractivity contribution in [2.24, 2.45) is 0 Å². The molecule has 0 fully saturated rings. The number of hydroxylamine groups is 1. The molecule has 9 heteroatoms. The zero-order chi connectivity index (χ0) is 11.9. The minimum atomic E-state index is -4.94. The van der Waals surface area contributed by atoms with Gasteiger partial charge in [0, 0.05) is 13.3 Å². The van der Waals surface area contributed by atoms with Gasteiger partial charge in [0.1, 0.15) is 6.20 Å². The molecule has 1 aliphatic heterocycles. The van der Waals surface area contributed by atoms with Gasteiger partial charge < -0.3 is 4.74 Å². The summed E-state index contributed by atoms with van der Waals surface area (Å²) < 4.78 is 38.7. The van der Waals surface area contributed by atoms with E-state index in [1.165, 1.54) is 12.4 Å². The van der Waals surface area contributed by atoms with Crippen LogP contribution in [0.4, 0.5) is 0 Å². The number of carbonyl (C=O) groups excluding carboxylic acids is 1. The SMILES string of the molecule is CC(=O)OC1CC=C[NH2+]O1.[O-][Cl+3]([O-])([O-])[O-]. The number of carbonyl (C=O) groups is 1. The molecule has 1 unspecified atom stereocenters. The van der Waals surface area contributed by atoms with Gasteiger partial charge in [0.25, 0.3) is 6.29 Å². The van der Waals surface area contributed by atoms with Crippen LogP contribution < -0.4 is 24.1 Å². The van der Waals surface area contributed by atoms with E-state index in [9.17, 15) is 4.79 Å². The average molecular weight is 244 g/mol. The summed E-state index contributed by atoms with van der Waals surface area (Å²) in [5.74, 6) is -0.311. The lowest BCUT2D eigenvalue weighted by molar-refractivity contribution is -2.00. The lowest BCUT2D eigenvalue weighted by Gasteiger charge is -2.17. The highest BCUT2D eigenvalue weighted by Crippen LogP contribution is 2.00. The first-order valence-corrected chi connectivity index (χ1v) is 4.95. The number of nitrogens with two attached hydrogens (primary N) is 1. The van der Waals surface area contributed by atoms with Crippen LogP contribution in [-0.2, 0) is 14.4 Å². The first kappa shape index (κ1) is 14.3. The highest BCUT2D eigenvalue weighted by Gasteiger charge is 2.15. The van der Waals surface area contributed by atoms with Crippen molar-refractivity contribution in [2.75, 3.05) is 0 Å². The molecular weight excluding hydrogens is 234 g/mol. The van der Waals surface area contributed by atoms with Gasteiger partial charge in [-0.05, 0) is 6.08 Å². The number of esters is 1. The molecule has 0 bridgehead atoms. The molecule has 1 atom stereocenters. The van der Waals surface area contributed by atoms with Crippen LogP contribution in [0.3, 0.4) is 0 Å². The van der Waals surface area contributed by atoms with Gasteiger partial charge in [-0.3, -0.25) is 4.79 Å². The monoisotopic (exact) mass is 243 g/mol. The predicted molar refractivity (Wildman–Crippen MR) is 32.3 cm³/mol. The summed E-state index contributed by atoms with van der Waals surface area (Å²) in [5, 5.41) is 0. The van der Waals surface area contributed by atoms with Crippen LogP contribution in [0.15, 0.2) is 12.3 Å². The number of halogens is 1. The van der Waals surface area contributed by atoms with Crippen LogP contribution in [0, 0.1) is 10.2 Å². The minimum Gasteiger partial charge on any atom is -0.430 e. The van der Waals surface area contributed by atoms with E-state index in [-0.39, 0.29) is 5.97 Å². The molecule has 1 heterocycles. The third kappa shape index (κ3) is 13.3. The van der Waals surface area contributed by atoms with Gasteiger partial charge in [0.15, 0.2) is 0 Å². The smallest absolute Gasteiger partial charge is 0.305 e. The minimum absolute atomic E-state index is 0.311. The van der Waals surface area contributed by atoms with Crippen LogP contribution in [0.25, 0.3) is 0 Å². The maximum atomic E-state index is 10.4. The third-order valence-electron chi connectivity index (χ3n) is 1.07. The normalized spacial score (nSPS) is 20.2. The van der Waals surface area contributed by atoms with Gasteiger partial charge in [0.2, 0.25) is 0 Å². The molecule has 0 radical (unpaired) electrons. The molecule has 0 amide bonds. The summed E-state index contributed by atoms with van der Waals surface area (Å²) >= 11 is 0. The first-order chi connectivity index (χ1) is 6.79. The zero-order valence-electron chi connectivity index (χ0n) is 7.75. The van der Waals surface area contributed by atoms with Crippen LogP contribution in [0.1, 0.15) is 13.3 Å². The standard InChI is InChI=1S/C6H9NO3.ClHO4/c1-5(8)9-6-3-2-4-7-10-6;2-1(3,4)5/h2,4,6-7H,3H2,1H3;(H,2,3,4,5). The van der Waals surface area contributed by atoms with E-state index in [0.29, 0.717) is 6.42 Å². The highest BCUT2D eigenvalue weighted by atomic mass is 35.7. The van der Waals surface area contributed by atoms with Crippen LogP contribution >= 0.6 is 0 Å². The Kier molecular flexibility index (Phi) is 6.36. The molecule has 0 aromatic heterocycles. The fourth-order valence-corrected chi connectivity index (χ4v) is 0.695. The van der Waals surface area contributed by atoms with Crippen LogP contribution in [0.2, 0.25) is 0 Å². The Labute approximate surface area is 87.4 Å². The number of ether oxygens (including phenoxy) is 1. The van der Waals surface area contributed by atoms with Gasteiger partial charge in [-0.2, -0.15) is 10.3 Å². The molecule has 0 aliphatic carbocycles. The van der Waals surface area contributed by atoms with Gasteiger partial charge in [-0.25, -0.2) is 18.6 Å². The van der Waals surface area contributed by atoms with E-state index in [0.717, 1.165) is 0 Å². The molecule has 88 valence electrons. The fourth-order valence-electron chi connectivity index (χ4n) is 0.695. The number of rotatable bonds is 1. The van der Waals surface area contributed by atoms with Crippen molar-refractivity contribution >= 4 is 5.97 Å². The van der Waals surface area contributed by atoms with E-state index >= 15 is 0 Å². The molecule has 0 aromatic rings. The Morgan fingerprint density at radius 1 is 1.53 bits per heavy atom. The van der Waals surface area contributed by atoms with Gasteiger partial charge in [0.05, 0.1) is 0 Å². The molecule has 1 rings (SSSR count). The Balaban J connectivity index is 0.000000336. The Hall–Kier alpha value is -0.740. The van der Waals surface area contributed by atoms with Gasteiger partial charge in [-0.15, -0.1) is 10.2 Å². The highest BCUT2D eigenvalue weighted by molar-refractivity contribution is 5.66. The van der Waals surface area contributed by atoms with Crippen LogP contribution in [0.5, 0.6) is 0 Å². The van der Waals surface area contributed by atoms with Gasteiger partial charge >= 0.3 is 5.97 Å². The number of hydrogen-bond donors (Lipinski definition) is 1. The fraction of sp³-hybridized carbons (Fsp3) is 0.500. The van der Waals surface area contributed by atoms with Crippen molar-refractivity contribution < 1.29 is 48.7 Å². The summed E-state index contributed by atoms with van der Waals surface area (Å²) in [6.45, 7) is 1.36. The summed E-state index contributed by atoms with van der Waals surface area (Å²) in [5.41, 5.74) is 1.51. The van der Waals surface area contributed by atoms with Crippen molar-refractivity contribution in [3.05, 3.63) is 12.3 Å². The molecule has 8 nitrogen and oxygen atoms in total. The average Bonchev–Trinajstić information content (AvgIpc) is 2.01. The number of quaternary nitrogens is 1. The Morgan fingerprint density at radius 3 is 2.40 bits per heavy atom. The zero-order valence-corrected chi connectivity index (χ0v) is 8.51. The van der Waals surface area contributed by atoms with Crippen molar-refractivity contribution in [1.82, 2.24) is 0 Å². The van der Waals surface area contributed by atoms with Crippen molar-refractivity contribution in [3.8, 4) is 0 Å². The quantitative estimate of drug-likeness (QED) is 0.452. The second kappa shape index (κ2) is 6.69. The van der Waals surface area contributed by atoms with E-state index in [1.54, 1.807) is 6.20 Å². The van der Waals surface area contributed by atoms with Crippen molar-refractivity contribution in [3.63, 3.8) is 0 Å². The molecule has 15 heavy (non-hydrogen) atoms. The summed E-state index contributed by atoms with van der Waals surface area (Å²) in [6, 6.07) is 0. The lowest BCUT2D eigenvalue weighted by Crippen LogP contribution is -2.79. The van der Waals surface area contributed by atoms with Crippen molar-refractivity contribution in [1.29, 1.82) is 0 Å².